The number of carbonyl (C=O) groups is 1. The van der Waals surface area contributed by atoms with Crippen LogP contribution in [0.3, 0.4) is 0 Å². The van der Waals surface area contributed by atoms with Crippen LogP contribution in [0, 0.1) is 0 Å². The largest absolute Gasteiger partial charge is 0.320 e. The van der Waals surface area contributed by atoms with Crippen LogP contribution in [0.5, 0.6) is 0 Å². The minimum Gasteiger partial charge on any atom is -0.320 e. The number of para-hydroxylation sites is 1. The van der Waals surface area contributed by atoms with Crippen molar-refractivity contribution in [1.29, 1.82) is 0 Å². The molecule has 1 N–H and O–H groups in total. The van der Waals surface area contributed by atoms with Crippen LogP contribution in [0.15, 0.2) is 89.7 Å². The number of aryl methyl sites for hydroxylation is 1. The van der Waals surface area contributed by atoms with Crippen LogP contribution in [0.25, 0.3) is 22.4 Å². The minimum absolute atomic E-state index is 0.0295. The van der Waals surface area contributed by atoms with Crippen molar-refractivity contribution in [3.8, 4) is 22.4 Å². The summed E-state index contributed by atoms with van der Waals surface area (Å²) in [5, 5.41) is 7.79. The monoisotopic (exact) mass is 429 g/mol. The van der Waals surface area contributed by atoms with Gasteiger partial charge in [-0.3, -0.25) is 9.59 Å². The van der Waals surface area contributed by atoms with E-state index >= 15 is 0 Å². The number of nitrogens with one attached hydrogen (secondary N) is 1. The summed E-state index contributed by atoms with van der Waals surface area (Å²) in [4.78, 5) is 26.7. The van der Waals surface area contributed by atoms with Crippen molar-refractivity contribution in [2.75, 3.05) is 5.32 Å². The molecule has 1 heterocycles. The number of nitrogens with zero attached hydrogens (tertiary/aromatic N) is 2. The van der Waals surface area contributed by atoms with Gasteiger partial charge in [0.2, 0.25) is 0 Å². The Bertz CT molecular complexity index is 1290. The number of carbonyl (C=O) groups excluding carboxylic acids is 1. The molecule has 0 aliphatic rings. The number of aromatic nitrogens is 2. The second kappa shape index (κ2) is 8.98. The molecule has 1 amide bonds. The summed E-state index contributed by atoms with van der Waals surface area (Å²) >= 11 is 6.23. The molecular weight excluding hydrogens is 410 g/mol. The van der Waals surface area contributed by atoms with E-state index in [-0.39, 0.29) is 5.56 Å². The molecule has 0 saturated heterocycles. The van der Waals surface area contributed by atoms with E-state index in [1.807, 2.05) is 67.6 Å². The Morgan fingerprint density at radius 2 is 1.48 bits per heavy atom. The van der Waals surface area contributed by atoms with E-state index in [0.717, 1.165) is 11.1 Å². The lowest BCUT2D eigenvalue weighted by Gasteiger charge is -2.17. The maximum atomic E-state index is 13.4. The molecule has 4 rings (SSSR count). The molecule has 31 heavy (non-hydrogen) atoms. The first-order valence-electron chi connectivity index (χ1n) is 9.92. The van der Waals surface area contributed by atoms with Crippen molar-refractivity contribution in [1.82, 2.24) is 9.78 Å². The zero-order valence-corrected chi connectivity index (χ0v) is 17.6. The van der Waals surface area contributed by atoms with Crippen LogP contribution in [0.4, 0.5) is 5.69 Å². The molecule has 3 aromatic carbocycles. The van der Waals surface area contributed by atoms with E-state index in [4.69, 9.17) is 11.6 Å². The lowest BCUT2D eigenvalue weighted by Crippen LogP contribution is -2.32. The van der Waals surface area contributed by atoms with E-state index in [1.165, 1.54) is 4.68 Å². The Morgan fingerprint density at radius 3 is 2.10 bits per heavy atom. The molecule has 0 spiro atoms. The quantitative estimate of drug-likeness (QED) is 0.455. The first-order valence-corrected chi connectivity index (χ1v) is 10.3. The van der Waals surface area contributed by atoms with Gasteiger partial charge < -0.3 is 5.32 Å². The van der Waals surface area contributed by atoms with E-state index in [2.05, 4.69) is 10.4 Å². The number of halogens is 1. The number of rotatable bonds is 5. The third kappa shape index (κ3) is 4.13. The van der Waals surface area contributed by atoms with Crippen LogP contribution < -0.4 is 10.9 Å². The molecule has 0 radical (unpaired) electrons. The zero-order chi connectivity index (χ0) is 21.8. The summed E-state index contributed by atoms with van der Waals surface area (Å²) in [7, 11) is 0. The maximum absolute atomic E-state index is 13.4. The zero-order valence-electron chi connectivity index (χ0n) is 16.9. The average molecular weight is 430 g/mol. The van der Waals surface area contributed by atoms with Crippen LogP contribution in [-0.4, -0.2) is 15.7 Å². The van der Waals surface area contributed by atoms with Crippen molar-refractivity contribution in [3.63, 3.8) is 0 Å². The third-order valence-corrected chi connectivity index (χ3v) is 5.24. The smallest absolute Gasteiger partial charge is 0.280 e. The normalized spacial score (nSPS) is 10.6. The molecule has 6 heteroatoms. The van der Waals surface area contributed by atoms with Crippen molar-refractivity contribution >= 4 is 23.2 Å². The predicted molar refractivity (Wildman–Crippen MR) is 124 cm³/mol. The highest BCUT2D eigenvalue weighted by Gasteiger charge is 2.25. The van der Waals surface area contributed by atoms with Gasteiger partial charge in [0.15, 0.2) is 0 Å². The van der Waals surface area contributed by atoms with Gasteiger partial charge in [-0.15, -0.1) is 0 Å². The molecule has 0 unspecified atom stereocenters. The van der Waals surface area contributed by atoms with Crippen LogP contribution in [0.1, 0.15) is 17.3 Å². The van der Waals surface area contributed by atoms with Gasteiger partial charge in [0, 0.05) is 17.7 Å². The highest BCUT2D eigenvalue weighted by Crippen LogP contribution is 2.32. The van der Waals surface area contributed by atoms with E-state index in [0.29, 0.717) is 28.5 Å². The number of amides is 1. The number of hydrogen-bond acceptors (Lipinski definition) is 3. The minimum atomic E-state index is -0.529. The fraction of sp³-hybridized carbons (Fsp3) is 0.0800. The molecule has 0 atom stereocenters. The second-order valence-electron chi connectivity index (χ2n) is 6.89. The molecule has 0 bridgehead atoms. The first-order chi connectivity index (χ1) is 15.1. The summed E-state index contributed by atoms with van der Waals surface area (Å²) < 4.78 is 1.32. The average Bonchev–Trinajstić information content (AvgIpc) is 2.81. The Labute approximate surface area is 184 Å². The molecular formula is C25H20ClN3O2. The van der Waals surface area contributed by atoms with Crippen LogP contribution >= 0.6 is 11.6 Å². The van der Waals surface area contributed by atoms with Crippen LogP contribution in [0.2, 0.25) is 5.02 Å². The molecule has 0 fully saturated rings. The Hall–Kier alpha value is -3.70. The Morgan fingerprint density at radius 1 is 0.903 bits per heavy atom. The predicted octanol–water partition coefficient (Wildman–Crippen LogP) is 5.50. The van der Waals surface area contributed by atoms with Crippen molar-refractivity contribution in [2.24, 2.45) is 0 Å². The Balaban J connectivity index is 2.00. The maximum Gasteiger partial charge on any atom is 0.280 e. The van der Waals surface area contributed by atoms with E-state index < -0.39 is 11.5 Å². The summed E-state index contributed by atoms with van der Waals surface area (Å²) in [6.07, 6.45) is 0. The van der Waals surface area contributed by atoms with Crippen molar-refractivity contribution in [3.05, 3.63) is 106 Å². The lowest BCUT2D eigenvalue weighted by molar-refractivity contribution is 0.102. The van der Waals surface area contributed by atoms with Gasteiger partial charge in [-0.25, -0.2) is 4.68 Å². The number of anilines is 1. The Kier molecular flexibility index (Phi) is 5.96. The molecule has 0 aliphatic carbocycles. The van der Waals surface area contributed by atoms with Crippen molar-refractivity contribution < 1.29 is 4.79 Å². The highest BCUT2D eigenvalue weighted by molar-refractivity contribution is 6.34. The van der Waals surface area contributed by atoms with E-state index in [1.54, 1.807) is 24.3 Å². The second-order valence-corrected chi connectivity index (χ2v) is 7.29. The molecule has 1 aromatic heterocycles. The van der Waals surface area contributed by atoms with Gasteiger partial charge in [-0.1, -0.05) is 84.4 Å². The summed E-state index contributed by atoms with van der Waals surface area (Å²) in [6, 6.07) is 25.8. The lowest BCUT2D eigenvalue weighted by atomic mass is 9.95. The molecule has 154 valence electrons. The van der Waals surface area contributed by atoms with Gasteiger partial charge in [-0.05, 0) is 24.6 Å². The summed E-state index contributed by atoms with van der Waals surface area (Å²) in [6.45, 7) is 2.15. The van der Waals surface area contributed by atoms with E-state index in [9.17, 15) is 9.59 Å². The number of benzene rings is 3. The van der Waals surface area contributed by atoms with Gasteiger partial charge >= 0.3 is 0 Å². The molecule has 4 aromatic rings. The summed E-state index contributed by atoms with van der Waals surface area (Å²) in [5.41, 5.74) is 2.62. The van der Waals surface area contributed by atoms with Gasteiger partial charge in [0.25, 0.3) is 11.5 Å². The first kappa shape index (κ1) is 20.6. The topological polar surface area (TPSA) is 64.0 Å². The third-order valence-electron chi connectivity index (χ3n) is 4.91. The molecule has 0 saturated carbocycles. The SMILES string of the molecule is CCn1nc(-c2ccccc2)c(-c2ccccc2)c(C(=O)Nc2ccccc2Cl)c1=O. The van der Waals surface area contributed by atoms with Crippen LogP contribution in [-0.2, 0) is 6.54 Å². The fourth-order valence-electron chi connectivity index (χ4n) is 3.43. The standard InChI is InChI=1S/C25H20ClN3O2/c1-2-29-25(31)22(24(30)27-20-16-10-9-15-19(20)26)21(17-11-5-3-6-12-17)23(28-29)18-13-7-4-8-14-18/h3-16H,2H2,1H3,(H,27,30). The van der Waals surface area contributed by atoms with Crippen molar-refractivity contribution in [2.45, 2.75) is 13.5 Å². The molecule has 0 aliphatic heterocycles. The fourth-order valence-corrected chi connectivity index (χ4v) is 3.61. The van der Waals surface area contributed by atoms with Gasteiger partial charge in [0.1, 0.15) is 5.56 Å². The molecule has 5 nitrogen and oxygen atoms in total. The van der Waals surface area contributed by atoms with Gasteiger partial charge in [0.05, 0.1) is 16.4 Å². The highest BCUT2D eigenvalue weighted by atomic mass is 35.5. The number of hydrogen-bond donors (Lipinski definition) is 1. The summed E-state index contributed by atoms with van der Waals surface area (Å²) in [5.74, 6) is -0.529. The van der Waals surface area contributed by atoms with Gasteiger partial charge in [-0.2, -0.15) is 5.10 Å².